The molecule has 1 N–H and O–H groups in total. The number of hydrogen-bond acceptors (Lipinski definition) is 2. The van der Waals surface area contributed by atoms with E-state index in [-0.39, 0.29) is 0 Å². The molecule has 90 valence electrons. The minimum absolute atomic E-state index is 0.299. The Labute approximate surface area is 103 Å². The minimum Gasteiger partial charge on any atom is -0.459 e. The van der Waals surface area contributed by atoms with Gasteiger partial charge in [-0.05, 0) is 38.1 Å². The standard InChI is InChI=1S/C15H19NO/c1-4-13(16-3)15-10-9-14(17-15)12-8-6-5-7-11(12)2/h5-10,13,16H,4H2,1-3H3. The van der Waals surface area contributed by atoms with Gasteiger partial charge in [0.15, 0.2) is 0 Å². The van der Waals surface area contributed by atoms with Crippen molar-refractivity contribution in [1.82, 2.24) is 5.32 Å². The van der Waals surface area contributed by atoms with E-state index in [4.69, 9.17) is 4.42 Å². The Balaban J connectivity index is 2.33. The third-order valence-corrected chi connectivity index (χ3v) is 3.14. The highest BCUT2D eigenvalue weighted by Gasteiger charge is 2.12. The van der Waals surface area contributed by atoms with Crippen LogP contribution in [0.3, 0.4) is 0 Å². The van der Waals surface area contributed by atoms with E-state index in [0.717, 1.165) is 17.9 Å². The Morgan fingerprint density at radius 2 is 1.94 bits per heavy atom. The van der Waals surface area contributed by atoms with E-state index in [1.807, 2.05) is 19.2 Å². The van der Waals surface area contributed by atoms with Gasteiger partial charge in [0.05, 0.1) is 6.04 Å². The topological polar surface area (TPSA) is 25.2 Å². The summed E-state index contributed by atoms with van der Waals surface area (Å²) in [6, 6.07) is 12.7. The molecule has 0 radical (unpaired) electrons. The molecule has 0 spiro atoms. The molecule has 0 saturated carbocycles. The van der Waals surface area contributed by atoms with E-state index < -0.39 is 0 Å². The van der Waals surface area contributed by atoms with Crippen LogP contribution in [-0.4, -0.2) is 7.05 Å². The smallest absolute Gasteiger partial charge is 0.134 e. The molecule has 1 aromatic heterocycles. The maximum atomic E-state index is 5.93. The van der Waals surface area contributed by atoms with Crippen LogP contribution < -0.4 is 5.32 Å². The summed E-state index contributed by atoms with van der Waals surface area (Å²) in [6.07, 6.45) is 1.03. The maximum Gasteiger partial charge on any atom is 0.134 e. The molecule has 2 heteroatoms. The summed E-state index contributed by atoms with van der Waals surface area (Å²) in [6.45, 7) is 4.25. The highest BCUT2D eigenvalue weighted by atomic mass is 16.3. The molecule has 2 aromatic rings. The van der Waals surface area contributed by atoms with Crippen molar-refractivity contribution in [1.29, 1.82) is 0 Å². The zero-order valence-corrected chi connectivity index (χ0v) is 10.7. The van der Waals surface area contributed by atoms with Gasteiger partial charge in [-0.3, -0.25) is 0 Å². The second-order valence-electron chi connectivity index (χ2n) is 4.27. The van der Waals surface area contributed by atoms with Crippen LogP contribution in [0.15, 0.2) is 40.8 Å². The fourth-order valence-electron chi connectivity index (χ4n) is 2.08. The van der Waals surface area contributed by atoms with Gasteiger partial charge in [-0.25, -0.2) is 0 Å². The average Bonchev–Trinajstić information content (AvgIpc) is 2.81. The normalized spacial score (nSPS) is 12.6. The molecule has 1 aromatic carbocycles. The van der Waals surface area contributed by atoms with Crippen LogP contribution in [0, 0.1) is 6.92 Å². The molecule has 1 unspecified atom stereocenters. The first-order chi connectivity index (χ1) is 8.26. The molecule has 0 aliphatic rings. The monoisotopic (exact) mass is 229 g/mol. The summed E-state index contributed by atoms with van der Waals surface area (Å²) >= 11 is 0. The van der Waals surface area contributed by atoms with E-state index >= 15 is 0 Å². The molecule has 0 aliphatic carbocycles. The first-order valence-corrected chi connectivity index (χ1v) is 6.09. The predicted octanol–water partition coefficient (Wildman–Crippen LogP) is 3.93. The molecule has 1 heterocycles. The van der Waals surface area contributed by atoms with Crippen LogP contribution in [0.25, 0.3) is 11.3 Å². The van der Waals surface area contributed by atoms with Gasteiger partial charge >= 0.3 is 0 Å². The van der Waals surface area contributed by atoms with Crippen molar-refractivity contribution in [3.8, 4) is 11.3 Å². The van der Waals surface area contributed by atoms with Crippen LogP contribution in [0.1, 0.15) is 30.7 Å². The molecule has 0 fully saturated rings. The van der Waals surface area contributed by atoms with Crippen molar-refractivity contribution in [2.24, 2.45) is 0 Å². The van der Waals surface area contributed by atoms with Crippen molar-refractivity contribution in [3.63, 3.8) is 0 Å². The Morgan fingerprint density at radius 3 is 2.59 bits per heavy atom. The van der Waals surface area contributed by atoms with E-state index in [9.17, 15) is 0 Å². The second kappa shape index (κ2) is 5.19. The van der Waals surface area contributed by atoms with Gasteiger partial charge < -0.3 is 9.73 Å². The van der Waals surface area contributed by atoms with Gasteiger partial charge in [0.1, 0.15) is 11.5 Å². The number of nitrogens with one attached hydrogen (secondary N) is 1. The summed E-state index contributed by atoms with van der Waals surface area (Å²) in [4.78, 5) is 0. The molecular weight excluding hydrogens is 210 g/mol. The average molecular weight is 229 g/mol. The summed E-state index contributed by atoms with van der Waals surface area (Å²) in [5.74, 6) is 1.96. The van der Waals surface area contributed by atoms with Crippen LogP contribution in [-0.2, 0) is 0 Å². The van der Waals surface area contributed by atoms with Gasteiger partial charge in [0.2, 0.25) is 0 Å². The van der Waals surface area contributed by atoms with E-state index in [1.54, 1.807) is 0 Å². The van der Waals surface area contributed by atoms with Gasteiger partial charge in [0.25, 0.3) is 0 Å². The number of aryl methyl sites for hydroxylation is 1. The largest absolute Gasteiger partial charge is 0.459 e. The van der Waals surface area contributed by atoms with Gasteiger partial charge in [-0.1, -0.05) is 31.2 Å². The minimum atomic E-state index is 0.299. The van der Waals surface area contributed by atoms with Crippen LogP contribution in [0.4, 0.5) is 0 Å². The Kier molecular flexibility index (Phi) is 3.64. The molecule has 0 saturated heterocycles. The predicted molar refractivity (Wildman–Crippen MR) is 71.0 cm³/mol. The molecule has 1 atom stereocenters. The summed E-state index contributed by atoms with van der Waals surface area (Å²) in [5.41, 5.74) is 2.41. The summed E-state index contributed by atoms with van der Waals surface area (Å²) in [5, 5.41) is 3.25. The third-order valence-electron chi connectivity index (χ3n) is 3.14. The van der Waals surface area contributed by atoms with Gasteiger partial charge in [-0.2, -0.15) is 0 Å². The molecule has 0 aliphatic heterocycles. The highest BCUT2D eigenvalue weighted by Crippen LogP contribution is 2.28. The van der Waals surface area contributed by atoms with Crippen LogP contribution in [0.2, 0.25) is 0 Å². The molecule has 17 heavy (non-hydrogen) atoms. The van der Waals surface area contributed by atoms with E-state index in [2.05, 4.69) is 43.4 Å². The summed E-state index contributed by atoms with van der Waals surface area (Å²) < 4.78 is 5.93. The Bertz CT molecular complexity index is 483. The van der Waals surface area contributed by atoms with Crippen LogP contribution in [0.5, 0.6) is 0 Å². The fourth-order valence-corrected chi connectivity index (χ4v) is 2.08. The Hall–Kier alpha value is -1.54. The zero-order valence-electron chi connectivity index (χ0n) is 10.7. The lowest BCUT2D eigenvalue weighted by atomic mass is 10.1. The molecule has 2 rings (SSSR count). The lowest BCUT2D eigenvalue weighted by Crippen LogP contribution is -2.14. The van der Waals surface area contributed by atoms with E-state index in [1.165, 1.54) is 11.1 Å². The summed E-state index contributed by atoms with van der Waals surface area (Å²) in [7, 11) is 1.96. The number of furan rings is 1. The van der Waals surface area contributed by atoms with Crippen molar-refractivity contribution < 1.29 is 4.42 Å². The second-order valence-corrected chi connectivity index (χ2v) is 4.27. The molecule has 0 amide bonds. The Morgan fingerprint density at radius 1 is 1.18 bits per heavy atom. The SMILES string of the molecule is CCC(NC)c1ccc(-c2ccccc2C)o1. The van der Waals surface area contributed by atoms with Crippen LogP contribution >= 0.6 is 0 Å². The first-order valence-electron chi connectivity index (χ1n) is 6.09. The van der Waals surface area contributed by atoms with Crippen molar-refractivity contribution in [2.75, 3.05) is 7.05 Å². The van der Waals surface area contributed by atoms with Gasteiger partial charge in [-0.15, -0.1) is 0 Å². The highest BCUT2D eigenvalue weighted by molar-refractivity contribution is 5.61. The number of hydrogen-bond donors (Lipinski definition) is 1. The number of benzene rings is 1. The first kappa shape index (κ1) is 11.9. The van der Waals surface area contributed by atoms with Crippen molar-refractivity contribution in [2.45, 2.75) is 26.3 Å². The fraction of sp³-hybridized carbons (Fsp3) is 0.333. The van der Waals surface area contributed by atoms with Crippen molar-refractivity contribution >= 4 is 0 Å². The lowest BCUT2D eigenvalue weighted by Gasteiger charge is -2.10. The molecule has 0 bridgehead atoms. The quantitative estimate of drug-likeness (QED) is 0.859. The maximum absolute atomic E-state index is 5.93. The third kappa shape index (κ3) is 2.42. The molecule has 2 nitrogen and oxygen atoms in total. The molecular formula is C15H19NO. The van der Waals surface area contributed by atoms with Gasteiger partial charge in [0, 0.05) is 5.56 Å². The van der Waals surface area contributed by atoms with E-state index in [0.29, 0.717) is 6.04 Å². The number of rotatable bonds is 4. The lowest BCUT2D eigenvalue weighted by molar-refractivity contribution is 0.431. The van der Waals surface area contributed by atoms with Crippen molar-refractivity contribution in [3.05, 3.63) is 47.7 Å². The zero-order chi connectivity index (χ0) is 12.3.